The van der Waals surface area contributed by atoms with Crippen molar-refractivity contribution in [3.05, 3.63) is 0 Å². The zero-order valence-electron chi connectivity index (χ0n) is 12.6. The Morgan fingerprint density at radius 3 is 1.88 bits per heavy atom. The monoisotopic (exact) mass is 374 g/mol. The van der Waals surface area contributed by atoms with E-state index in [1.165, 1.54) is 0 Å². The minimum Gasteiger partial charge on any atom is -0.448 e. The Morgan fingerprint density at radius 1 is 1.04 bits per heavy atom. The third kappa shape index (κ3) is 2.91. The lowest BCUT2D eigenvalue weighted by atomic mass is 9.52. The number of carbonyl (C=O) groups is 1. The van der Waals surface area contributed by atoms with Crippen molar-refractivity contribution in [1.29, 1.82) is 0 Å². The van der Waals surface area contributed by atoms with Gasteiger partial charge in [0.1, 0.15) is 0 Å². The molecular formula is C14H18F4O5S. The van der Waals surface area contributed by atoms with Crippen molar-refractivity contribution < 1.29 is 40.1 Å². The van der Waals surface area contributed by atoms with Gasteiger partial charge in [-0.05, 0) is 55.8 Å². The van der Waals surface area contributed by atoms with Gasteiger partial charge in [0.25, 0.3) is 6.43 Å². The van der Waals surface area contributed by atoms with E-state index in [9.17, 15) is 30.8 Å². The standard InChI is InChI=1S/C14H18F4O5S/c15-12(16)11(14(17,18)24(20,21)22)23-13(19)10-8-2-6-1-7(4-8)5-9(10)3-6/h6-12H,1-5H2,(H,20,21,22). The Bertz CT molecular complexity index is 593. The number of hydrogen-bond acceptors (Lipinski definition) is 4. The predicted octanol–water partition coefficient (Wildman–Crippen LogP) is 2.72. The highest BCUT2D eigenvalue weighted by Crippen LogP contribution is 2.57. The van der Waals surface area contributed by atoms with E-state index in [4.69, 9.17) is 4.55 Å². The first-order valence-electron chi connectivity index (χ1n) is 7.84. The Balaban J connectivity index is 1.77. The number of rotatable bonds is 5. The van der Waals surface area contributed by atoms with E-state index in [0.29, 0.717) is 11.8 Å². The van der Waals surface area contributed by atoms with E-state index in [-0.39, 0.29) is 11.8 Å². The van der Waals surface area contributed by atoms with E-state index in [2.05, 4.69) is 4.74 Å². The minimum atomic E-state index is -6.13. The first-order valence-corrected chi connectivity index (χ1v) is 9.28. The Hall–Kier alpha value is -0.900. The Kier molecular flexibility index (Phi) is 4.35. The van der Waals surface area contributed by atoms with Crippen LogP contribution in [0.15, 0.2) is 0 Å². The van der Waals surface area contributed by atoms with Gasteiger partial charge in [0.2, 0.25) is 6.10 Å². The van der Waals surface area contributed by atoms with Crippen LogP contribution in [0.25, 0.3) is 0 Å². The molecule has 0 aromatic heterocycles. The molecule has 5 nitrogen and oxygen atoms in total. The van der Waals surface area contributed by atoms with Gasteiger partial charge in [-0.3, -0.25) is 9.35 Å². The van der Waals surface area contributed by atoms with Gasteiger partial charge >= 0.3 is 21.3 Å². The molecule has 0 aromatic rings. The third-order valence-corrected chi connectivity index (χ3v) is 6.57. The molecule has 4 rings (SSSR count). The highest BCUT2D eigenvalue weighted by molar-refractivity contribution is 7.86. The zero-order chi connectivity index (χ0) is 17.9. The van der Waals surface area contributed by atoms with Crippen LogP contribution in [0.5, 0.6) is 0 Å². The second-order valence-electron chi connectivity index (χ2n) is 7.19. The van der Waals surface area contributed by atoms with Crippen molar-refractivity contribution in [2.45, 2.75) is 49.9 Å². The maximum Gasteiger partial charge on any atom is 0.411 e. The molecular weight excluding hydrogens is 356 g/mol. The molecule has 0 aliphatic heterocycles. The molecule has 0 amide bonds. The summed E-state index contributed by atoms with van der Waals surface area (Å²) in [6.45, 7) is 0. The van der Waals surface area contributed by atoms with E-state index in [1.54, 1.807) is 0 Å². The van der Waals surface area contributed by atoms with Crippen molar-refractivity contribution in [3.8, 4) is 0 Å². The van der Waals surface area contributed by atoms with Crippen LogP contribution in [0.4, 0.5) is 17.6 Å². The second kappa shape index (κ2) is 5.82. The molecule has 4 aliphatic rings. The Morgan fingerprint density at radius 2 is 1.50 bits per heavy atom. The number of ether oxygens (including phenoxy) is 1. The average molecular weight is 374 g/mol. The van der Waals surface area contributed by atoms with Crippen LogP contribution in [0.1, 0.15) is 32.1 Å². The summed E-state index contributed by atoms with van der Waals surface area (Å²) in [6.07, 6.45) is -3.43. The van der Waals surface area contributed by atoms with Crippen LogP contribution in [0, 0.1) is 29.6 Å². The fourth-order valence-electron chi connectivity index (χ4n) is 4.93. The maximum atomic E-state index is 13.5. The van der Waals surface area contributed by atoms with E-state index < -0.39 is 39.8 Å². The fraction of sp³-hybridized carbons (Fsp3) is 0.929. The molecule has 0 heterocycles. The molecule has 0 spiro atoms. The number of carbonyl (C=O) groups excluding carboxylic acids is 1. The molecule has 24 heavy (non-hydrogen) atoms. The van der Waals surface area contributed by atoms with Crippen LogP contribution in [0.2, 0.25) is 0 Å². The second-order valence-corrected chi connectivity index (χ2v) is 8.68. The van der Waals surface area contributed by atoms with Gasteiger partial charge < -0.3 is 4.74 Å². The summed E-state index contributed by atoms with van der Waals surface area (Å²) in [4.78, 5) is 12.3. The number of esters is 1. The molecule has 0 aromatic carbocycles. The lowest BCUT2D eigenvalue weighted by Crippen LogP contribution is -2.52. The molecule has 1 atom stereocenters. The van der Waals surface area contributed by atoms with Crippen molar-refractivity contribution in [2.24, 2.45) is 29.6 Å². The summed E-state index contributed by atoms with van der Waals surface area (Å²) in [5.74, 6) is -1.20. The summed E-state index contributed by atoms with van der Waals surface area (Å²) in [6, 6.07) is 0. The van der Waals surface area contributed by atoms with E-state index in [1.807, 2.05) is 0 Å². The summed E-state index contributed by atoms with van der Waals surface area (Å²) < 4.78 is 86.9. The molecule has 138 valence electrons. The Labute approximate surface area is 136 Å². The van der Waals surface area contributed by atoms with Gasteiger partial charge in [-0.15, -0.1) is 0 Å². The van der Waals surface area contributed by atoms with Crippen LogP contribution in [0.3, 0.4) is 0 Å². The largest absolute Gasteiger partial charge is 0.448 e. The maximum absolute atomic E-state index is 13.5. The number of alkyl halides is 4. The van der Waals surface area contributed by atoms with Gasteiger partial charge in [0, 0.05) is 0 Å². The van der Waals surface area contributed by atoms with Crippen LogP contribution < -0.4 is 0 Å². The molecule has 4 aliphatic carbocycles. The fourth-order valence-corrected chi connectivity index (χ4v) is 5.37. The molecule has 10 heteroatoms. The minimum absolute atomic E-state index is 0.0913. The topological polar surface area (TPSA) is 80.7 Å². The van der Waals surface area contributed by atoms with Gasteiger partial charge in [0.15, 0.2) is 0 Å². The summed E-state index contributed by atoms with van der Waals surface area (Å²) in [5, 5.41) is -5.26. The summed E-state index contributed by atoms with van der Waals surface area (Å²) in [5.41, 5.74) is 0. The molecule has 0 saturated heterocycles. The molecule has 4 saturated carbocycles. The SMILES string of the molecule is O=C(OC(C(F)F)C(F)(F)S(=O)(=O)O)C1C2CC3CC(C2)CC1C3. The van der Waals surface area contributed by atoms with Gasteiger partial charge in [0.05, 0.1) is 5.92 Å². The molecule has 1 unspecified atom stereocenters. The lowest BCUT2D eigenvalue weighted by Gasteiger charge is -2.53. The number of hydrogen-bond donors (Lipinski definition) is 1. The normalized spacial score (nSPS) is 36.8. The number of halogens is 4. The average Bonchev–Trinajstić information content (AvgIpc) is 2.41. The third-order valence-electron chi connectivity index (χ3n) is 5.65. The highest BCUT2D eigenvalue weighted by Gasteiger charge is 2.60. The van der Waals surface area contributed by atoms with Crippen LogP contribution in [-0.4, -0.2) is 36.7 Å². The van der Waals surface area contributed by atoms with Crippen LogP contribution in [-0.2, 0) is 19.6 Å². The molecule has 0 radical (unpaired) electrons. The van der Waals surface area contributed by atoms with Gasteiger partial charge in [-0.25, -0.2) is 8.78 Å². The summed E-state index contributed by atoms with van der Waals surface area (Å²) in [7, 11) is -6.13. The molecule has 1 N–H and O–H groups in total. The van der Waals surface area contributed by atoms with Crippen molar-refractivity contribution in [3.63, 3.8) is 0 Å². The molecule has 4 bridgehead atoms. The first-order chi connectivity index (χ1) is 11.0. The van der Waals surface area contributed by atoms with E-state index in [0.717, 1.165) is 32.1 Å². The smallest absolute Gasteiger partial charge is 0.411 e. The quantitative estimate of drug-likeness (QED) is 0.455. The zero-order valence-corrected chi connectivity index (χ0v) is 13.4. The van der Waals surface area contributed by atoms with Crippen molar-refractivity contribution >= 4 is 16.1 Å². The van der Waals surface area contributed by atoms with Crippen molar-refractivity contribution in [1.82, 2.24) is 0 Å². The van der Waals surface area contributed by atoms with Gasteiger partial charge in [-0.1, -0.05) is 0 Å². The van der Waals surface area contributed by atoms with Crippen LogP contribution >= 0.6 is 0 Å². The summed E-state index contributed by atoms with van der Waals surface area (Å²) >= 11 is 0. The van der Waals surface area contributed by atoms with E-state index >= 15 is 0 Å². The van der Waals surface area contributed by atoms with Crippen molar-refractivity contribution in [2.75, 3.05) is 0 Å². The molecule has 4 fully saturated rings. The first kappa shape index (κ1) is 17.9. The van der Waals surface area contributed by atoms with Gasteiger partial charge in [-0.2, -0.15) is 17.2 Å². The highest BCUT2D eigenvalue weighted by atomic mass is 32.2. The predicted molar refractivity (Wildman–Crippen MR) is 72.9 cm³/mol. The lowest BCUT2D eigenvalue weighted by molar-refractivity contribution is -0.194.